The minimum atomic E-state index is -0.953. The maximum Gasteiger partial charge on any atom is 0.408 e. The molecule has 182 valence electrons. The molecule has 0 aliphatic carbocycles. The molecule has 10 nitrogen and oxygen atoms in total. The molecule has 10 heteroatoms. The van der Waals surface area contributed by atoms with E-state index in [4.69, 9.17) is 9.47 Å². The fourth-order valence-electron chi connectivity index (χ4n) is 3.23. The van der Waals surface area contributed by atoms with Crippen LogP contribution in [0.15, 0.2) is 30.3 Å². The monoisotopic (exact) mass is 462 g/mol. The summed E-state index contributed by atoms with van der Waals surface area (Å²) in [6, 6.07) is 6.78. The molecule has 1 fully saturated rings. The zero-order valence-corrected chi connectivity index (χ0v) is 19.6. The van der Waals surface area contributed by atoms with Crippen LogP contribution < -0.4 is 16.0 Å². The Bertz CT molecular complexity index is 808. The molecule has 1 aromatic rings. The Labute approximate surface area is 194 Å². The van der Waals surface area contributed by atoms with Crippen LogP contribution in [0.3, 0.4) is 0 Å². The fraction of sp³-hybridized carbons (Fsp3) is 0.565. The third kappa shape index (κ3) is 8.38. The van der Waals surface area contributed by atoms with Crippen molar-refractivity contribution in [3.8, 4) is 0 Å². The summed E-state index contributed by atoms with van der Waals surface area (Å²) in [7, 11) is 0. The standard InChI is InChI=1S/C23H34N4O6/c1-15(2)18(21(29)26-22(30)27-10-12-32-13-11-27)24-20(28)19(16(3)4)25-23(31)33-14-17-8-6-5-7-9-17/h5-9,15-16,18-19H,10-14H2,1-4H3,(H,24,28)(H,25,31)(H,26,29,30)/t18-,19-/m0/s1. The highest BCUT2D eigenvalue weighted by atomic mass is 16.5. The molecular formula is C23H34N4O6. The summed E-state index contributed by atoms with van der Waals surface area (Å²) in [5, 5.41) is 7.59. The van der Waals surface area contributed by atoms with E-state index in [1.165, 1.54) is 4.90 Å². The first-order valence-corrected chi connectivity index (χ1v) is 11.1. The van der Waals surface area contributed by atoms with Gasteiger partial charge in [-0.05, 0) is 17.4 Å². The average Bonchev–Trinajstić information content (AvgIpc) is 2.80. The van der Waals surface area contributed by atoms with Gasteiger partial charge in [-0.25, -0.2) is 9.59 Å². The van der Waals surface area contributed by atoms with E-state index in [-0.39, 0.29) is 18.4 Å². The molecule has 0 unspecified atom stereocenters. The molecule has 1 aliphatic rings. The van der Waals surface area contributed by atoms with Gasteiger partial charge < -0.3 is 25.0 Å². The van der Waals surface area contributed by atoms with Crippen molar-refractivity contribution in [2.75, 3.05) is 26.3 Å². The van der Waals surface area contributed by atoms with Crippen molar-refractivity contribution in [1.29, 1.82) is 0 Å². The van der Waals surface area contributed by atoms with E-state index in [0.717, 1.165) is 5.56 Å². The van der Waals surface area contributed by atoms with Gasteiger partial charge in [0, 0.05) is 13.1 Å². The number of rotatable bonds is 8. The van der Waals surface area contributed by atoms with Gasteiger partial charge in [-0.3, -0.25) is 14.9 Å². The van der Waals surface area contributed by atoms with E-state index in [1.807, 2.05) is 30.3 Å². The largest absolute Gasteiger partial charge is 0.445 e. The van der Waals surface area contributed by atoms with Crippen LogP contribution in [-0.4, -0.2) is 67.2 Å². The molecule has 0 aromatic heterocycles. The quantitative estimate of drug-likeness (QED) is 0.539. The van der Waals surface area contributed by atoms with Crippen molar-refractivity contribution in [2.24, 2.45) is 11.8 Å². The molecule has 1 aromatic carbocycles. The summed E-state index contributed by atoms with van der Waals surface area (Å²) >= 11 is 0. The van der Waals surface area contributed by atoms with E-state index in [2.05, 4.69) is 16.0 Å². The Morgan fingerprint density at radius 2 is 1.48 bits per heavy atom. The predicted octanol–water partition coefficient (Wildman–Crippen LogP) is 1.65. The first-order valence-electron chi connectivity index (χ1n) is 11.1. The highest BCUT2D eigenvalue weighted by Crippen LogP contribution is 2.08. The molecule has 2 atom stereocenters. The van der Waals surface area contributed by atoms with Gasteiger partial charge in [0.25, 0.3) is 5.91 Å². The molecule has 2 rings (SSSR count). The van der Waals surface area contributed by atoms with Crippen molar-refractivity contribution < 1.29 is 28.7 Å². The van der Waals surface area contributed by atoms with E-state index in [1.54, 1.807) is 27.7 Å². The molecule has 1 aliphatic heterocycles. The Hall–Kier alpha value is -3.14. The van der Waals surface area contributed by atoms with Crippen LogP contribution >= 0.6 is 0 Å². The molecule has 0 radical (unpaired) electrons. The fourth-order valence-corrected chi connectivity index (χ4v) is 3.23. The molecule has 1 heterocycles. The zero-order chi connectivity index (χ0) is 24.4. The summed E-state index contributed by atoms with van der Waals surface area (Å²) in [6.45, 7) is 8.74. The van der Waals surface area contributed by atoms with Crippen LogP contribution in [0.4, 0.5) is 9.59 Å². The Morgan fingerprint density at radius 3 is 2.06 bits per heavy atom. The topological polar surface area (TPSA) is 126 Å². The minimum absolute atomic E-state index is 0.0692. The number of alkyl carbamates (subject to hydrolysis) is 1. The Balaban J connectivity index is 1.94. The second-order valence-electron chi connectivity index (χ2n) is 8.55. The Morgan fingerprint density at radius 1 is 0.909 bits per heavy atom. The van der Waals surface area contributed by atoms with Crippen molar-refractivity contribution in [2.45, 2.75) is 46.4 Å². The van der Waals surface area contributed by atoms with Crippen molar-refractivity contribution >= 4 is 23.9 Å². The van der Waals surface area contributed by atoms with Crippen LogP contribution in [0.5, 0.6) is 0 Å². The van der Waals surface area contributed by atoms with Crippen molar-refractivity contribution in [3.63, 3.8) is 0 Å². The van der Waals surface area contributed by atoms with Crippen LogP contribution in [0, 0.1) is 11.8 Å². The second kappa shape index (κ2) is 12.8. The minimum Gasteiger partial charge on any atom is -0.445 e. The maximum absolute atomic E-state index is 12.9. The highest BCUT2D eigenvalue weighted by Gasteiger charge is 2.32. The van der Waals surface area contributed by atoms with Gasteiger partial charge in [-0.1, -0.05) is 58.0 Å². The molecule has 5 amide bonds. The summed E-state index contributed by atoms with van der Waals surface area (Å²) < 4.78 is 10.4. The summed E-state index contributed by atoms with van der Waals surface area (Å²) in [6.07, 6.45) is -0.735. The molecule has 33 heavy (non-hydrogen) atoms. The SMILES string of the molecule is CC(C)[C@H](NC(=O)OCc1ccccc1)C(=O)N[C@H](C(=O)NC(=O)N1CCOCC1)C(C)C. The van der Waals surface area contributed by atoms with Gasteiger partial charge >= 0.3 is 12.1 Å². The van der Waals surface area contributed by atoms with Crippen LogP contribution in [0.2, 0.25) is 0 Å². The number of benzene rings is 1. The molecule has 1 saturated heterocycles. The molecular weight excluding hydrogens is 428 g/mol. The number of hydrogen-bond donors (Lipinski definition) is 3. The Kier molecular flexibility index (Phi) is 10.1. The number of urea groups is 1. The second-order valence-corrected chi connectivity index (χ2v) is 8.55. The zero-order valence-electron chi connectivity index (χ0n) is 19.6. The van der Waals surface area contributed by atoms with Gasteiger partial charge in [0.15, 0.2) is 0 Å². The number of morpholine rings is 1. The smallest absolute Gasteiger partial charge is 0.408 e. The van der Waals surface area contributed by atoms with Crippen LogP contribution in [-0.2, 0) is 25.7 Å². The average molecular weight is 463 g/mol. The highest BCUT2D eigenvalue weighted by molar-refractivity contribution is 5.99. The van der Waals surface area contributed by atoms with E-state index in [0.29, 0.717) is 26.3 Å². The lowest BCUT2D eigenvalue weighted by atomic mass is 10.00. The van der Waals surface area contributed by atoms with Gasteiger partial charge in [0.05, 0.1) is 13.2 Å². The predicted molar refractivity (Wildman–Crippen MR) is 121 cm³/mol. The number of nitrogens with one attached hydrogen (secondary N) is 3. The number of hydrogen-bond acceptors (Lipinski definition) is 6. The summed E-state index contributed by atoms with van der Waals surface area (Å²) in [5.41, 5.74) is 0.819. The van der Waals surface area contributed by atoms with Crippen LogP contribution in [0.25, 0.3) is 0 Å². The lowest BCUT2D eigenvalue weighted by molar-refractivity contribution is -0.131. The van der Waals surface area contributed by atoms with Gasteiger partial charge in [-0.2, -0.15) is 0 Å². The van der Waals surface area contributed by atoms with E-state index < -0.39 is 36.0 Å². The molecule has 0 saturated carbocycles. The summed E-state index contributed by atoms with van der Waals surface area (Å²) in [5.74, 6) is -1.69. The number of carbonyl (C=O) groups excluding carboxylic acids is 4. The first-order chi connectivity index (χ1) is 15.7. The van der Waals surface area contributed by atoms with Gasteiger partial charge in [0.2, 0.25) is 5.91 Å². The first kappa shape index (κ1) is 26.1. The lowest BCUT2D eigenvalue weighted by Crippen LogP contribution is -2.58. The third-order valence-corrected chi connectivity index (χ3v) is 5.21. The summed E-state index contributed by atoms with van der Waals surface area (Å²) in [4.78, 5) is 51.8. The number of carbonyl (C=O) groups is 4. The van der Waals surface area contributed by atoms with Crippen LogP contribution in [0.1, 0.15) is 33.3 Å². The van der Waals surface area contributed by atoms with Gasteiger partial charge in [0.1, 0.15) is 18.7 Å². The molecule has 0 bridgehead atoms. The van der Waals surface area contributed by atoms with E-state index in [9.17, 15) is 19.2 Å². The number of amides is 5. The molecule has 0 spiro atoms. The van der Waals surface area contributed by atoms with Gasteiger partial charge in [-0.15, -0.1) is 0 Å². The van der Waals surface area contributed by atoms with Crippen molar-refractivity contribution in [3.05, 3.63) is 35.9 Å². The lowest BCUT2D eigenvalue weighted by Gasteiger charge is -2.29. The van der Waals surface area contributed by atoms with Crippen molar-refractivity contribution in [1.82, 2.24) is 20.9 Å². The maximum atomic E-state index is 12.9. The van der Waals surface area contributed by atoms with E-state index >= 15 is 0 Å². The normalized spacial score (nSPS) is 15.5. The number of ether oxygens (including phenoxy) is 2. The number of nitrogens with zero attached hydrogens (tertiary/aromatic N) is 1. The number of imide groups is 1. The third-order valence-electron chi connectivity index (χ3n) is 5.21. The molecule has 3 N–H and O–H groups in total.